The van der Waals surface area contributed by atoms with Gasteiger partial charge in [0, 0.05) is 23.4 Å². The second-order valence-electron chi connectivity index (χ2n) is 6.78. The summed E-state index contributed by atoms with van der Waals surface area (Å²) in [6, 6.07) is 5.39. The van der Waals surface area contributed by atoms with Crippen molar-refractivity contribution in [2.75, 3.05) is 11.1 Å². The molecule has 0 aliphatic carbocycles. The number of fused-ring (bicyclic) bond motifs is 1. The standard InChI is InChI=1S/C18H21N3O5S/c1-10(16(24)20-12-5-3-11(4-6-12)15(19)23)26-17(25)13-9-27-18(2)8-7-14(22)21(13)18/h3-6,10,13H,7-9H2,1-2H3,(H2,19,23)(H,20,24)/t10-,13-,18-/m0/s1. The second-order valence-corrected chi connectivity index (χ2v) is 8.28. The van der Waals surface area contributed by atoms with Crippen LogP contribution in [0.3, 0.4) is 0 Å². The van der Waals surface area contributed by atoms with Crippen molar-refractivity contribution in [3.05, 3.63) is 29.8 Å². The third-order valence-electron chi connectivity index (χ3n) is 4.82. The summed E-state index contributed by atoms with van der Waals surface area (Å²) >= 11 is 1.56. The van der Waals surface area contributed by atoms with Gasteiger partial charge >= 0.3 is 5.97 Å². The molecule has 1 aromatic carbocycles. The van der Waals surface area contributed by atoms with Crippen LogP contribution in [0.5, 0.6) is 0 Å². The molecule has 2 saturated heterocycles. The van der Waals surface area contributed by atoms with Crippen molar-refractivity contribution in [3.8, 4) is 0 Å². The van der Waals surface area contributed by atoms with Crippen LogP contribution < -0.4 is 11.1 Å². The van der Waals surface area contributed by atoms with Gasteiger partial charge in [0.15, 0.2) is 6.10 Å². The molecule has 8 nitrogen and oxygen atoms in total. The number of esters is 1. The number of hydrogen-bond donors (Lipinski definition) is 2. The smallest absolute Gasteiger partial charge is 0.330 e. The molecule has 1 aromatic rings. The van der Waals surface area contributed by atoms with Gasteiger partial charge in [-0.25, -0.2) is 4.79 Å². The number of benzene rings is 1. The Hall–Kier alpha value is -2.55. The number of primary amides is 1. The number of rotatable bonds is 5. The summed E-state index contributed by atoms with van der Waals surface area (Å²) in [4.78, 5) is 49.2. The van der Waals surface area contributed by atoms with Crippen molar-refractivity contribution >= 4 is 41.1 Å². The molecule has 0 saturated carbocycles. The molecule has 2 heterocycles. The Labute approximate surface area is 160 Å². The van der Waals surface area contributed by atoms with Crippen molar-refractivity contribution in [3.63, 3.8) is 0 Å². The zero-order valence-corrected chi connectivity index (χ0v) is 15.9. The Morgan fingerprint density at radius 1 is 1.33 bits per heavy atom. The summed E-state index contributed by atoms with van der Waals surface area (Å²) in [5.74, 6) is -1.24. The SMILES string of the molecule is C[C@H](OC(=O)[C@@H]1CS[C@@]2(C)CCC(=O)N12)C(=O)Nc1ccc(C(N)=O)cc1. The van der Waals surface area contributed by atoms with E-state index in [1.54, 1.807) is 16.7 Å². The Morgan fingerprint density at radius 2 is 2.00 bits per heavy atom. The van der Waals surface area contributed by atoms with Gasteiger partial charge in [0.2, 0.25) is 11.8 Å². The largest absolute Gasteiger partial charge is 0.451 e. The van der Waals surface area contributed by atoms with Crippen LogP contribution in [0.2, 0.25) is 0 Å². The number of ether oxygens (including phenoxy) is 1. The van der Waals surface area contributed by atoms with E-state index in [1.807, 2.05) is 6.92 Å². The van der Waals surface area contributed by atoms with Crippen LogP contribution in [0, 0.1) is 0 Å². The van der Waals surface area contributed by atoms with Gasteiger partial charge in [0.25, 0.3) is 5.91 Å². The monoisotopic (exact) mass is 391 g/mol. The lowest BCUT2D eigenvalue weighted by atomic mass is 10.2. The highest BCUT2D eigenvalue weighted by molar-refractivity contribution is 8.01. The first-order valence-electron chi connectivity index (χ1n) is 8.58. The lowest BCUT2D eigenvalue weighted by molar-refractivity contribution is -0.160. The number of nitrogens with zero attached hydrogens (tertiary/aromatic N) is 1. The van der Waals surface area contributed by atoms with Crippen LogP contribution in [-0.4, -0.2) is 51.4 Å². The molecule has 3 amide bonds. The lowest BCUT2D eigenvalue weighted by Gasteiger charge is -2.29. The van der Waals surface area contributed by atoms with Gasteiger partial charge in [0.05, 0.1) is 4.87 Å². The second kappa shape index (κ2) is 7.22. The Balaban J connectivity index is 1.58. The average Bonchev–Trinajstić information content (AvgIpc) is 3.11. The van der Waals surface area contributed by atoms with E-state index in [-0.39, 0.29) is 10.8 Å². The Morgan fingerprint density at radius 3 is 2.63 bits per heavy atom. The minimum atomic E-state index is -1.03. The van der Waals surface area contributed by atoms with Crippen molar-refractivity contribution in [2.45, 2.75) is 43.7 Å². The van der Waals surface area contributed by atoms with Gasteiger partial charge in [-0.05, 0) is 44.5 Å². The third-order valence-corrected chi connectivity index (χ3v) is 6.32. The first-order chi connectivity index (χ1) is 12.7. The number of nitrogens with one attached hydrogen (secondary N) is 1. The molecule has 0 spiro atoms. The van der Waals surface area contributed by atoms with E-state index in [9.17, 15) is 19.2 Å². The summed E-state index contributed by atoms with van der Waals surface area (Å²) in [6.07, 6.45) is 0.102. The zero-order chi connectivity index (χ0) is 19.8. The highest BCUT2D eigenvalue weighted by Crippen LogP contribution is 2.47. The van der Waals surface area contributed by atoms with Crippen LogP contribution in [0.25, 0.3) is 0 Å². The van der Waals surface area contributed by atoms with Crippen LogP contribution in [0.1, 0.15) is 37.0 Å². The van der Waals surface area contributed by atoms with E-state index in [1.165, 1.54) is 31.2 Å². The fraction of sp³-hybridized carbons (Fsp3) is 0.444. The highest BCUT2D eigenvalue weighted by atomic mass is 32.2. The number of nitrogens with two attached hydrogens (primary N) is 1. The fourth-order valence-corrected chi connectivity index (χ4v) is 4.68. The van der Waals surface area contributed by atoms with Gasteiger partial charge in [-0.2, -0.15) is 0 Å². The molecule has 0 bridgehead atoms. The summed E-state index contributed by atoms with van der Waals surface area (Å²) in [6.45, 7) is 3.42. The molecule has 0 unspecified atom stereocenters. The molecular weight excluding hydrogens is 370 g/mol. The van der Waals surface area contributed by atoms with E-state index in [0.29, 0.717) is 29.8 Å². The van der Waals surface area contributed by atoms with E-state index in [4.69, 9.17) is 10.5 Å². The van der Waals surface area contributed by atoms with Crippen molar-refractivity contribution in [1.29, 1.82) is 0 Å². The molecule has 27 heavy (non-hydrogen) atoms. The van der Waals surface area contributed by atoms with Crippen molar-refractivity contribution in [1.82, 2.24) is 4.90 Å². The number of hydrogen-bond acceptors (Lipinski definition) is 6. The predicted molar refractivity (Wildman–Crippen MR) is 99.9 cm³/mol. The van der Waals surface area contributed by atoms with Gasteiger partial charge in [0.1, 0.15) is 6.04 Å². The van der Waals surface area contributed by atoms with Crippen LogP contribution in [0.4, 0.5) is 5.69 Å². The number of carbonyl (C=O) groups is 4. The highest BCUT2D eigenvalue weighted by Gasteiger charge is 2.53. The van der Waals surface area contributed by atoms with Gasteiger partial charge < -0.3 is 20.7 Å². The van der Waals surface area contributed by atoms with Crippen molar-refractivity contribution < 1.29 is 23.9 Å². The third kappa shape index (κ3) is 3.78. The molecular formula is C18H21N3O5S. The molecule has 2 aliphatic rings. The van der Waals surface area contributed by atoms with Crippen LogP contribution in [-0.2, 0) is 19.1 Å². The van der Waals surface area contributed by atoms with Crippen molar-refractivity contribution in [2.24, 2.45) is 5.73 Å². The molecule has 0 aromatic heterocycles. The van der Waals surface area contributed by atoms with E-state index in [2.05, 4.69) is 5.32 Å². The minimum Gasteiger partial charge on any atom is -0.451 e. The fourth-order valence-electron chi connectivity index (χ4n) is 3.26. The van der Waals surface area contributed by atoms with Gasteiger partial charge in [-0.1, -0.05) is 0 Å². The minimum absolute atomic E-state index is 0.0592. The first-order valence-corrected chi connectivity index (χ1v) is 9.57. The number of thioether (sulfide) groups is 1. The van der Waals surface area contributed by atoms with E-state index in [0.717, 1.165) is 0 Å². The molecule has 144 valence electrons. The maximum absolute atomic E-state index is 12.5. The molecule has 9 heteroatoms. The van der Waals surface area contributed by atoms with Crippen LogP contribution >= 0.6 is 11.8 Å². The quantitative estimate of drug-likeness (QED) is 0.726. The normalized spacial score (nSPS) is 25.0. The Bertz CT molecular complexity index is 797. The summed E-state index contributed by atoms with van der Waals surface area (Å²) < 4.78 is 5.30. The summed E-state index contributed by atoms with van der Waals surface area (Å²) in [5, 5.41) is 2.61. The summed E-state index contributed by atoms with van der Waals surface area (Å²) in [7, 11) is 0. The Kier molecular flexibility index (Phi) is 5.14. The molecule has 2 aliphatic heterocycles. The first kappa shape index (κ1) is 19.2. The topological polar surface area (TPSA) is 119 Å². The maximum Gasteiger partial charge on any atom is 0.330 e. The van der Waals surface area contributed by atoms with Crippen LogP contribution in [0.15, 0.2) is 24.3 Å². The van der Waals surface area contributed by atoms with E-state index < -0.39 is 29.9 Å². The molecule has 3 N–H and O–H groups in total. The molecule has 3 atom stereocenters. The molecule has 0 radical (unpaired) electrons. The molecule has 3 rings (SSSR count). The number of carbonyl (C=O) groups excluding carboxylic acids is 4. The predicted octanol–water partition coefficient (Wildman–Crippen LogP) is 1.11. The molecule has 2 fully saturated rings. The maximum atomic E-state index is 12.5. The lowest BCUT2D eigenvalue weighted by Crippen LogP contribution is -2.48. The summed E-state index contributed by atoms with van der Waals surface area (Å²) in [5.41, 5.74) is 5.94. The van der Waals surface area contributed by atoms with Gasteiger partial charge in [-0.3, -0.25) is 14.4 Å². The van der Waals surface area contributed by atoms with Gasteiger partial charge in [-0.15, -0.1) is 11.8 Å². The van der Waals surface area contributed by atoms with E-state index >= 15 is 0 Å². The number of amides is 3. The number of anilines is 1. The average molecular weight is 391 g/mol. The zero-order valence-electron chi connectivity index (χ0n) is 15.1.